The highest BCUT2D eigenvalue weighted by Gasteiger charge is 2.19. The molecule has 2 aromatic rings. The Labute approximate surface area is 135 Å². The average Bonchev–Trinajstić information content (AvgIpc) is 2.49. The molecule has 6 heteroatoms. The molecule has 0 spiro atoms. The number of hydrogen-bond acceptors (Lipinski definition) is 4. The molecule has 2 rings (SSSR count). The van der Waals surface area contributed by atoms with Gasteiger partial charge in [0.1, 0.15) is 6.54 Å². The second-order valence-corrected chi connectivity index (χ2v) is 5.59. The molecule has 22 heavy (non-hydrogen) atoms. The van der Waals surface area contributed by atoms with E-state index >= 15 is 0 Å². The molecule has 0 unspecified atom stereocenters. The molecule has 0 saturated heterocycles. The van der Waals surface area contributed by atoms with Crippen molar-refractivity contribution in [3.8, 4) is 0 Å². The Morgan fingerprint density at radius 2 is 1.86 bits per heavy atom. The van der Waals surface area contributed by atoms with Crippen LogP contribution in [-0.2, 0) is 16.1 Å². The van der Waals surface area contributed by atoms with Gasteiger partial charge in [-0.2, -0.15) is 0 Å². The van der Waals surface area contributed by atoms with Crippen molar-refractivity contribution in [2.45, 2.75) is 19.6 Å². The van der Waals surface area contributed by atoms with Crippen LogP contribution in [-0.4, -0.2) is 22.4 Å². The van der Waals surface area contributed by atoms with Crippen LogP contribution in [0, 0.1) is 0 Å². The molecule has 1 atom stereocenters. The fraction of sp³-hybridized carbons (Fsp3) is 0.188. The van der Waals surface area contributed by atoms with Crippen molar-refractivity contribution in [3.63, 3.8) is 0 Å². The molecule has 1 aromatic heterocycles. The summed E-state index contributed by atoms with van der Waals surface area (Å²) in [6.07, 6.45) is 0.582. The van der Waals surface area contributed by atoms with Crippen LogP contribution < -0.4 is 5.56 Å². The third-order valence-electron chi connectivity index (χ3n) is 3.00. The van der Waals surface area contributed by atoms with Crippen LogP contribution >= 0.6 is 15.9 Å². The van der Waals surface area contributed by atoms with Crippen molar-refractivity contribution in [2.24, 2.45) is 0 Å². The van der Waals surface area contributed by atoms with Crippen LogP contribution in [0.2, 0.25) is 0 Å². The lowest BCUT2D eigenvalue weighted by atomic mass is 10.1. The normalized spacial score (nSPS) is 11.7. The number of ether oxygens (including phenoxy) is 1. The number of benzene rings is 1. The van der Waals surface area contributed by atoms with Gasteiger partial charge in [-0.25, -0.2) is 0 Å². The van der Waals surface area contributed by atoms with E-state index in [1.807, 2.05) is 0 Å². The van der Waals surface area contributed by atoms with Gasteiger partial charge < -0.3 is 9.30 Å². The zero-order valence-corrected chi connectivity index (χ0v) is 13.4. The first-order valence-electron chi connectivity index (χ1n) is 6.62. The summed E-state index contributed by atoms with van der Waals surface area (Å²) >= 11 is 3.29. The number of carbonyl (C=O) groups excluding carboxylic acids is 2. The fourth-order valence-electron chi connectivity index (χ4n) is 1.87. The topological polar surface area (TPSA) is 65.4 Å². The summed E-state index contributed by atoms with van der Waals surface area (Å²) in [5.74, 6) is -0.924. The number of rotatable bonds is 5. The van der Waals surface area contributed by atoms with Gasteiger partial charge in [-0.15, -0.1) is 0 Å². The highest BCUT2D eigenvalue weighted by atomic mass is 79.9. The summed E-state index contributed by atoms with van der Waals surface area (Å²) in [6, 6.07) is 11.4. The summed E-state index contributed by atoms with van der Waals surface area (Å²) in [5, 5.41) is 0. The number of aromatic nitrogens is 1. The molecule has 0 aliphatic heterocycles. The van der Waals surface area contributed by atoms with E-state index < -0.39 is 12.1 Å². The van der Waals surface area contributed by atoms with Gasteiger partial charge in [0.15, 0.2) is 6.10 Å². The summed E-state index contributed by atoms with van der Waals surface area (Å²) < 4.78 is 7.18. The molecule has 0 bridgehead atoms. The van der Waals surface area contributed by atoms with Gasteiger partial charge in [-0.1, -0.05) is 34.1 Å². The molecule has 114 valence electrons. The molecule has 0 saturated carbocycles. The van der Waals surface area contributed by atoms with Gasteiger partial charge in [-0.3, -0.25) is 14.4 Å². The number of hydrogen-bond donors (Lipinski definition) is 0. The number of pyridine rings is 1. The van der Waals surface area contributed by atoms with Gasteiger partial charge in [0, 0.05) is 22.3 Å². The Hall–Kier alpha value is -2.21. The lowest BCUT2D eigenvalue weighted by molar-refractivity contribution is -0.147. The van der Waals surface area contributed by atoms with E-state index in [-0.39, 0.29) is 17.9 Å². The molecule has 0 radical (unpaired) electrons. The van der Waals surface area contributed by atoms with E-state index in [1.54, 1.807) is 36.4 Å². The van der Waals surface area contributed by atoms with Gasteiger partial charge in [0.05, 0.1) is 0 Å². The maximum atomic E-state index is 12.1. The lowest BCUT2D eigenvalue weighted by Crippen LogP contribution is -2.29. The van der Waals surface area contributed by atoms with E-state index in [0.29, 0.717) is 5.56 Å². The smallest absolute Gasteiger partial charge is 0.326 e. The first-order chi connectivity index (χ1) is 10.5. The number of nitrogens with zero attached hydrogens (tertiary/aromatic N) is 1. The number of carbonyl (C=O) groups is 2. The zero-order chi connectivity index (χ0) is 16.1. The Morgan fingerprint density at radius 3 is 2.50 bits per heavy atom. The maximum Gasteiger partial charge on any atom is 0.326 e. The van der Waals surface area contributed by atoms with Crippen LogP contribution in [0.3, 0.4) is 0 Å². The molecular weight excluding hydrogens is 350 g/mol. The molecule has 0 N–H and O–H groups in total. The molecule has 0 aliphatic carbocycles. The van der Waals surface area contributed by atoms with Gasteiger partial charge in [0.2, 0.25) is 5.78 Å². The summed E-state index contributed by atoms with van der Waals surface area (Å²) in [7, 11) is 0. The fourth-order valence-corrected chi connectivity index (χ4v) is 2.13. The van der Waals surface area contributed by atoms with E-state index in [0.717, 1.165) is 4.47 Å². The Morgan fingerprint density at radius 1 is 1.18 bits per heavy atom. The quantitative estimate of drug-likeness (QED) is 0.604. The highest BCUT2D eigenvalue weighted by Crippen LogP contribution is 2.13. The van der Waals surface area contributed by atoms with Crippen LogP contribution in [0.1, 0.15) is 17.3 Å². The predicted octanol–water partition coefficient (Wildman–Crippen LogP) is 2.43. The molecule has 5 nitrogen and oxygen atoms in total. The van der Waals surface area contributed by atoms with Crippen molar-refractivity contribution in [3.05, 3.63) is 69.1 Å². The number of halogens is 1. The minimum Gasteiger partial charge on any atom is -0.453 e. The summed E-state index contributed by atoms with van der Waals surface area (Å²) in [5.41, 5.74) is 0.159. The first kappa shape index (κ1) is 16.2. The molecule has 1 aromatic carbocycles. The summed E-state index contributed by atoms with van der Waals surface area (Å²) in [4.78, 5) is 35.5. The largest absolute Gasteiger partial charge is 0.453 e. The van der Waals surface area contributed by atoms with E-state index in [2.05, 4.69) is 15.9 Å². The highest BCUT2D eigenvalue weighted by molar-refractivity contribution is 9.10. The predicted molar refractivity (Wildman–Crippen MR) is 84.7 cm³/mol. The first-order valence-corrected chi connectivity index (χ1v) is 7.41. The van der Waals surface area contributed by atoms with E-state index in [1.165, 1.54) is 23.8 Å². The van der Waals surface area contributed by atoms with Gasteiger partial charge in [-0.05, 0) is 25.1 Å². The maximum absolute atomic E-state index is 12.1. The Bertz CT molecular complexity index is 736. The molecule has 0 fully saturated rings. The molecule has 0 amide bonds. The molecule has 1 heterocycles. The van der Waals surface area contributed by atoms with Crippen LogP contribution in [0.25, 0.3) is 0 Å². The van der Waals surface area contributed by atoms with Crippen LogP contribution in [0.4, 0.5) is 0 Å². The average molecular weight is 364 g/mol. The molecular formula is C16H14BrNO4. The van der Waals surface area contributed by atoms with E-state index in [9.17, 15) is 14.4 Å². The van der Waals surface area contributed by atoms with Crippen LogP contribution in [0.15, 0.2) is 57.9 Å². The third kappa shape index (κ3) is 4.14. The molecule has 0 aliphatic rings. The SMILES string of the molecule is C[C@@H](OC(=O)Cn1ccccc1=O)C(=O)c1ccc(Br)cc1. The Balaban J connectivity index is 1.99. The summed E-state index contributed by atoms with van der Waals surface area (Å²) in [6.45, 7) is 1.29. The monoisotopic (exact) mass is 363 g/mol. The number of esters is 1. The minimum absolute atomic E-state index is 0.225. The number of Topliss-reactive ketones (excluding diaryl/α,β-unsaturated/α-hetero) is 1. The lowest BCUT2D eigenvalue weighted by Gasteiger charge is -2.13. The minimum atomic E-state index is -0.909. The van der Waals surface area contributed by atoms with Crippen LogP contribution in [0.5, 0.6) is 0 Å². The van der Waals surface area contributed by atoms with E-state index in [4.69, 9.17) is 4.74 Å². The van der Waals surface area contributed by atoms with Crippen molar-refractivity contribution in [2.75, 3.05) is 0 Å². The van der Waals surface area contributed by atoms with Crippen molar-refractivity contribution >= 4 is 27.7 Å². The van der Waals surface area contributed by atoms with Gasteiger partial charge >= 0.3 is 5.97 Å². The van der Waals surface area contributed by atoms with Crippen molar-refractivity contribution < 1.29 is 14.3 Å². The zero-order valence-electron chi connectivity index (χ0n) is 11.9. The second-order valence-electron chi connectivity index (χ2n) is 4.67. The van der Waals surface area contributed by atoms with Crippen molar-refractivity contribution in [1.29, 1.82) is 0 Å². The number of ketones is 1. The van der Waals surface area contributed by atoms with Crippen molar-refractivity contribution in [1.82, 2.24) is 4.57 Å². The third-order valence-corrected chi connectivity index (χ3v) is 3.53. The second kappa shape index (κ2) is 7.17. The van der Waals surface area contributed by atoms with Gasteiger partial charge in [0.25, 0.3) is 5.56 Å². The standard InChI is InChI=1S/C16H14BrNO4/c1-11(16(21)12-5-7-13(17)8-6-12)22-15(20)10-18-9-3-2-4-14(18)19/h2-9,11H,10H2,1H3/t11-/m1/s1. The Kier molecular flexibility index (Phi) is 5.27.